The maximum Gasteiger partial charge on any atom is 0.302 e. The number of esters is 1. The molecule has 2 heterocycles. The van der Waals surface area contributed by atoms with Gasteiger partial charge in [0, 0.05) is 50.2 Å². The summed E-state index contributed by atoms with van der Waals surface area (Å²) in [5.41, 5.74) is 5.14. The van der Waals surface area contributed by atoms with Crippen molar-refractivity contribution in [2.24, 2.45) is 0 Å². The Bertz CT molecular complexity index is 1120. The summed E-state index contributed by atoms with van der Waals surface area (Å²) < 4.78 is 26.1. The normalized spacial score (nSPS) is 13.5. The molecule has 0 aliphatic carbocycles. The van der Waals surface area contributed by atoms with Crippen molar-refractivity contribution in [1.82, 2.24) is 9.88 Å². The maximum atomic E-state index is 15.2. The van der Waals surface area contributed by atoms with Gasteiger partial charge in [-0.3, -0.25) is 9.69 Å². The largest absolute Gasteiger partial charge is 0.473 e. The van der Waals surface area contributed by atoms with Gasteiger partial charge >= 0.3 is 5.97 Å². The van der Waals surface area contributed by atoms with Gasteiger partial charge in [-0.2, -0.15) is 0 Å². The highest BCUT2D eigenvalue weighted by Crippen LogP contribution is 2.28. The van der Waals surface area contributed by atoms with Gasteiger partial charge in [0.2, 0.25) is 5.88 Å². The van der Waals surface area contributed by atoms with Crippen molar-refractivity contribution in [3.63, 3.8) is 0 Å². The predicted octanol–water partition coefficient (Wildman–Crippen LogP) is 4.70. The highest BCUT2D eigenvalue weighted by Gasteiger charge is 2.18. The van der Waals surface area contributed by atoms with Gasteiger partial charge in [-0.1, -0.05) is 48.5 Å². The molecule has 0 amide bonds. The fourth-order valence-corrected chi connectivity index (χ4v) is 3.97. The summed E-state index contributed by atoms with van der Waals surface area (Å²) in [6.45, 7) is 6.22. The lowest BCUT2D eigenvalue weighted by molar-refractivity contribution is -0.141. The molecule has 4 rings (SSSR count). The second-order valence-corrected chi connectivity index (χ2v) is 8.00. The molecule has 2 aromatic carbocycles. The van der Waals surface area contributed by atoms with E-state index in [0.29, 0.717) is 30.2 Å². The molecule has 32 heavy (non-hydrogen) atoms. The third kappa shape index (κ3) is 5.14. The summed E-state index contributed by atoms with van der Waals surface area (Å²) in [7, 11) is 0. The first-order valence-electron chi connectivity index (χ1n) is 10.8. The van der Waals surface area contributed by atoms with Gasteiger partial charge in [0.1, 0.15) is 19.0 Å². The number of fused-ring (bicyclic) bond motifs is 1. The molecule has 0 bridgehead atoms. The summed E-state index contributed by atoms with van der Waals surface area (Å²) in [5.74, 6) is -0.0206. The van der Waals surface area contributed by atoms with Crippen LogP contribution in [0.5, 0.6) is 5.88 Å². The minimum absolute atomic E-state index is 0.117. The topological polar surface area (TPSA) is 51.7 Å². The Labute approximate surface area is 187 Å². The van der Waals surface area contributed by atoms with E-state index in [9.17, 15) is 4.79 Å². The van der Waals surface area contributed by atoms with Gasteiger partial charge in [-0.25, -0.2) is 9.37 Å². The number of hydrogen-bond acceptors (Lipinski definition) is 5. The van der Waals surface area contributed by atoms with Gasteiger partial charge in [0.05, 0.1) is 5.69 Å². The summed E-state index contributed by atoms with van der Waals surface area (Å²) in [6, 6.07) is 17.0. The van der Waals surface area contributed by atoms with E-state index in [0.717, 1.165) is 41.9 Å². The van der Waals surface area contributed by atoms with Crippen molar-refractivity contribution in [2.75, 3.05) is 19.7 Å². The van der Waals surface area contributed by atoms with Crippen LogP contribution in [0.2, 0.25) is 0 Å². The standard InChI is InChI=1S/C26H27FN2O3/c1-18-6-3-4-8-22(18)23-9-5-7-21(26(23)27)17-32-25-11-10-20-16-29(13-12-24(20)28-25)14-15-31-19(2)30/h3-11H,12-17H2,1-2H3. The second kappa shape index (κ2) is 9.92. The molecule has 0 fully saturated rings. The molecule has 0 radical (unpaired) electrons. The summed E-state index contributed by atoms with van der Waals surface area (Å²) in [4.78, 5) is 17.8. The van der Waals surface area contributed by atoms with Gasteiger partial charge in [0.25, 0.3) is 0 Å². The molecule has 0 saturated carbocycles. The molecule has 0 atom stereocenters. The number of carbonyl (C=O) groups excluding carboxylic acids is 1. The Balaban J connectivity index is 1.41. The molecule has 0 saturated heterocycles. The number of nitrogens with zero attached hydrogens (tertiary/aromatic N) is 2. The van der Waals surface area contributed by atoms with Crippen LogP contribution in [0.1, 0.15) is 29.3 Å². The number of aromatic nitrogens is 1. The Morgan fingerprint density at radius 1 is 1.09 bits per heavy atom. The quantitative estimate of drug-likeness (QED) is 0.505. The lowest BCUT2D eigenvalue weighted by Crippen LogP contribution is -2.34. The van der Waals surface area contributed by atoms with E-state index in [1.165, 1.54) is 6.92 Å². The first-order chi connectivity index (χ1) is 15.5. The molecule has 1 aliphatic heterocycles. The number of pyridine rings is 1. The third-order valence-corrected chi connectivity index (χ3v) is 5.70. The molecule has 0 unspecified atom stereocenters. The monoisotopic (exact) mass is 434 g/mol. The molecule has 3 aromatic rings. The maximum absolute atomic E-state index is 15.2. The van der Waals surface area contributed by atoms with Crippen LogP contribution in [-0.4, -0.2) is 35.5 Å². The third-order valence-electron chi connectivity index (χ3n) is 5.70. The van der Waals surface area contributed by atoms with Crippen LogP contribution in [0.4, 0.5) is 4.39 Å². The number of benzene rings is 2. The van der Waals surface area contributed by atoms with Crippen molar-refractivity contribution in [2.45, 2.75) is 33.4 Å². The Kier molecular flexibility index (Phi) is 6.81. The van der Waals surface area contributed by atoms with Crippen LogP contribution in [0.25, 0.3) is 11.1 Å². The van der Waals surface area contributed by atoms with E-state index in [-0.39, 0.29) is 18.4 Å². The first kappa shape index (κ1) is 22.0. The fourth-order valence-electron chi connectivity index (χ4n) is 3.97. The van der Waals surface area contributed by atoms with E-state index < -0.39 is 0 Å². The molecule has 5 nitrogen and oxygen atoms in total. The zero-order valence-electron chi connectivity index (χ0n) is 18.4. The van der Waals surface area contributed by atoms with Crippen LogP contribution < -0.4 is 4.74 Å². The van der Waals surface area contributed by atoms with Gasteiger partial charge in [-0.15, -0.1) is 0 Å². The van der Waals surface area contributed by atoms with Crippen molar-refractivity contribution >= 4 is 5.97 Å². The zero-order chi connectivity index (χ0) is 22.5. The average molecular weight is 435 g/mol. The Hall–Kier alpha value is -3.25. The number of rotatable bonds is 7. The molecule has 166 valence electrons. The van der Waals surface area contributed by atoms with Crippen molar-refractivity contribution in [1.29, 1.82) is 0 Å². The van der Waals surface area contributed by atoms with Crippen LogP contribution in [0, 0.1) is 12.7 Å². The van der Waals surface area contributed by atoms with Crippen LogP contribution in [-0.2, 0) is 29.1 Å². The molecule has 1 aromatic heterocycles. The number of carbonyl (C=O) groups is 1. The second-order valence-electron chi connectivity index (χ2n) is 8.00. The first-order valence-corrected chi connectivity index (χ1v) is 10.8. The van der Waals surface area contributed by atoms with Gasteiger partial charge in [0.15, 0.2) is 0 Å². The number of aryl methyl sites for hydroxylation is 1. The van der Waals surface area contributed by atoms with E-state index in [4.69, 9.17) is 9.47 Å². The average Bonchev–Trinajstić information content (AvgIpc) is 2.79. The predicted molar refractivity (Wildman–Crippen MR) is 121 cm³/mol. The lowest BCUT2D eigenvalue weighted by atomic mass is 9.98. The van der Waals surface area contributed by atoms with E-state index in [1.54, 1.807) is 12.1 Å². The fraction of sp³-hybridized carbons (Fsp3) is 0.308. The molecule has 6 heteroatoms. The Morgan fingerprint density at radius 2 is 1.91 bits per heavy atom. The molecular weight excluding hydrogens is 407 g/mol. The lowest BCUT2D eigenvalue weighted by Gasteiger charge is -2.28. The van der Waals surface area contributed by atoms with Crippen LogP contribution in [0.15, 0.2) is 54.6 Å². The number of ether oxygens (including phenoxy) is 2. The summed E-state index contributed by atoms with van der Waals surface area (Å²) in [6.07, 6.45) is 0.795. The molecule has 0 spiro atoms. The van der Waals surface area contributed by atoms with Crippen LogP contribution in [0.3, 0.4) is 0 Å². The highest BCUT2D eigenvalue weighted by atomic mass is 19.1. The van der Waals surface area contributed by atoms with Crippen LogP contribution >= 0.6 is 0 Å². The van der Waals surface area contributed by atoms with Crippen molar-refractivity contribution in [3.05, 3.63) is 82.8 Å². The van der Waals surface area contributed by atoms with Gasteiger partial charge < -0.3 is 9.47 Å². The minimum Gasteiger partial charge on any atom is -0.473 e. The zero-order valence-corrected chi connectivity index (χ0v) is 18.4. The number of halogens is 1. The Morgan fingerprint density at radius 3 is 2.72 bits per heavy atom. The van der Waals surface area contributed by atoms with E-state index in [2.05, 4.69) is 9.88 Å². The van der Waals surface area contributed by atoms with E-state index in [1.807, 2.05) is 49.4 Å². The highest BCUT2D eigenvalue weighted by molar-refractivity contribution is 5.68. The summed E-state index contributed by atoms with van der Waals surface area (Å²) in [5, 5.41) is 0. The van der Waals surface area contributed by atoms with Gasteiger partial charge in [-0.05, 0) is 23.6 Å². The molecular formula is C26H27FN2O3. The SMILES string of the molecule is CC(=O)OCCN1CCc2nc(OCc3cccc(-c4ccccc4C)c3F)ccc2C1. The summed E-state index contributed by atoms with van der Waals surface area (Å²) >= 11 is 0. The van der Waals surface area contributed by atoms with Crippen molar-refractivity contribution in [3.8, 4) is 17.0 Å². The van der Waals surface area contributed by atoms with Crippen molar-refractivity contribution < 1.29 is 18.7 Å². The number of hydrogen-bond donors (Lipinski definition) is 0. The molecule has 1 aliphatic rings. The molecule has 0 N–H and O–H groups in total. The smallest absolute Gasteiger partial charge is 0.302 e. The van der Waals surface area contributed by atoms with E-state index >= 15 is 4.39 Å². The minimum atomic E-state index is -0.261.